The van der Waals surface area contributed by atoms with Crippen LogP contribution in [-0.4, -0.2) is 35.9 Å². The number of benzene rings is 2. The van der Waals surface area contributed by atoms with Crippen molar-refractivity contribution in [2.45, 2.75) is 13.0 Å². The summed E-state index contributed by atoms with van der Waals surface area (Å²) in [5.41, 5.74) is 3.01. The Bertz CT molecular complexity index is 840. The van der Waals surface area contributed by atoms with Crippen LogP contribution in [0.25, 0.3) is 0 Å². The van der Waals surface area contributed by atoms with Crippen LogP contribution in [0, 0.1) is 0 Å². The highest BCUT2D eigenvalue weighted by atomic mass is 35.5. The van der Waals surface area contributed by atoms with Gasteiger partial charge < -0.3 is 14.6 Å². The molecule has 2 N–H and O–H groups in total. The van der Waals surface area contributed by atoms with E-state index in [2.05, 4.69) is 10.5 Å². The van der Waals surface area contributed by atoms with Gasteiger partial charge in [-0.3, -0.25) is 4.79 Å². The Labute approximate surface area is 165 Å². The van der Waals surface area contributed by atoms with Crippen molar-refractivity contribution >= 4 is 41.3 Å². The molecule has 1 atom stereocenters. The molecule has 2 rings (SSSR count). The first-order valence-electron chi connectivity index (χ1n) is 7.74. The minimum absolute atomic E-state index is 0.265. The number of carboxylic acid groups (broad SMARTS) is 1. The number of ether oxygens (including phenoxy) is 2. The summed E-state index contributed by atoms with van der Waals surface area (Å²) in [6, 6.07) is 11.2. The van der Waals surface area contributed by atoms with Gasteiger partial charge in [0.2, 0.25) is 0 Å². The minimum Gasteiger partial charge on any atom is -0.482 e. The third-order valence-corrected chi connectivity index (χ3v) is 3.73. The summed E-state index contributed by atoms with van der Waals surface area (Å²) in [5, 5.41) is 13.4. The van der Waals surface area contributed by atoms with Gasteiger partial charge in [-0.05, 0) is 55.0 Å². The van der Waals surface area contributed by atoms with Crippen LogP contribution in [0.5, 0.6) is 11.5 Å². The molecule has 0 aliphatic carbocycles. The van der Waals surface area contributed by atoms with E-state index in [4.69, 9.17) is 37.8 Å². The largest absolute Gasteiger partial charge is 0.482 e. The van der Waals surface area contributed by atoms with Crippen LogP contribution in [-0.2, 0) is 9.59 Å². The van der Waals surface area contributed by atoms with Gasteiger partial charge in [-0.2, -0.15) is 5.10 Å². The molecule has 0 radical (unpaired) electrons. The molecule has 142 valence electrons. The molecule has 7 nitrogen and oxygen atoms in total. The summed E-state index contributed by atoms with van der Waals surface area (Å²) >= 11 is 11.7. The second kappa shape index (κ2) is 9.80. The van der Waals surface area contributed by atoms with Gasteiger partial charge in [0.05, 0.1) is 11.2 Å². The van der Waals surface area contributed by atoms with E-state index in [9.17, 15) is 9.59 Å². The van der Waals surface area contributed by atoms with Gasteiger partial charge in [0.1, 0.15) is 11.5 Å². The van der Waals surface area contributed by atoms with Gasteiger partial charge in [0, 0.05) is 5.02 Å². The highest BCUT2D eigenvalue weighted by Gasteiger charge is 2.11. The number of carbonyl (C=O) groups is 2. The standard InChI is InChI=1S/C18H16Cl2N2O5/c1-11(18(24)25)27-14-5-2-12(3-6-14)9-21-22-17(23)10-26-16-7-4-13(19)8-15(16)20/h2-9,11H,10H2,1H3,(H,22,23)(H,24,25)/b21-9+/t11-/m1/s1. The van der Waals surface area contributed by atoms with Gasteiger partial charge in [-0.25, -0.2) is 10.2 Å². The Morgan fingerprint density at radius 2 is 1.93 bits per heavy atom. The third kappa shape index (κ3) is 6.80. The first-order valence-corrected chi connectivity index (χ1v) is 8.50. The average Bonchev–Trinajstić information content (AvgIpc) is 2.62. The lowest BCUT2D eigenvalue weighted by molar-refractivity contribution is -0.144. The number of nitrogens with one attached hydrogen (secondary N) is 1. The average molecular weight is 411 g/mol. The quantitative estimate of drug-likeness (QED) is 0.513. The maximum absolute atomic E-state index is 11.7. The van der Waals surface area contributed by atoms with Crippen molar-refractivity contribution in [1.82, 2.24) is 5.43 Å². The van der Waals surface area contributed by atoms with Gasteiger partial charge in [0.15, 0.2) is 12.7 Å². The summed E-state index contributed by atoms with van der Waals surface area (Å²) in [4.78, 5) is 22.5. The Morgan fingerprint density at radius 3 is 2.56 bits per heavy atom. The van der Waals surface area contributed by atoms with Gasteiger partial charge in [-0.15, -0.1) is 0 Å². The summed E-state index contributed by atoms with van der Waals surface area (Å²) in [5.74, 6) is -0.760. The number of rotatable bonds is 8. The summed E-state index contributed by atoms with van der Waals surface area (Å²) in [7, 11) is 0. The Hall–Kier alpha value is -2.77. The Kier molecular flexibility index (Phi) is 7.45. The van der Waals surface area contributed by atoms with Gasteiger partial charge in [-0.1, -0.05) is 23.2 Å². The zero-order chi connectivity index (χ0) is 19.8. The molecular weight excluding hydrogens is 395 g/mol. The maximum Gasteiger partial charge on any atom is 0.344 e. The molecule has 0 saturated carbocycles. The molecular formula is C18H16Cl2N2O5. The van der Waals surface area contributed by atoms with E-state index in [-0.39, 0.29) is 6.61 Å². The summed E-state index contributed by atoms with van der Waals surface area (Å²) in [6.45, 7) is 1.17. The number of amides is 1. The normalized spacial score (nSPS) is 11.8. The molecule has 0 aliphatic rings. The Balaban J connectivity index is 1.80. The van der Waals surface area contributed by atoms with Crippen LogP contribution in [0.2, 0.25) is 10.0 Å². The number of nitrogens with zero attached hydrogens (tertiary/aromatic N) is 1. The predicted molar refractivity (Wildman–Crippen MR) is 102 cm³/mol. The summed E-state index contributed by atoms with van der Waals surface area (Å²) in [6.07, 6.45) is 0.482. The van der Waals surface area contributed by atoms with Crippen molar-refractivity contribution in [3.05, 3.63) is 58.1 Å². The van der Waals surface area contributed by atoms with Crippen LogP contribution in [0.3, 0.4) is 0 Å². The molecule has 0 heterocycles. The van der Waals surface area contributed by atoms with Crippen molar-refractivity contribution in [3.63, 3.8) is 0 Å². The van der Waals surface area contributed by atoms with Crippen LogP contribution < -0.4 is 14.9 Å². The van der Waals surface area contributed by atoms with Crippen LogP contribution in [0.4, 0.5) is 0 Å². The second-order valence-electron chi connectivity index (χ2n) is 5.32. The number of hydrogen-bond donors (Lipinski definition) is 2. The van der Waals surface area contributed by atoms with Crippen molar-refractivity contribution in [3.8, 4) is 11.5 Å². The lowest BCUT2D eigenvalue weighted by Gasteiger charge is -2.10. The first-order chi connectivity index (χ1) is 12.8. The van der Waals surface area contributed by atoms with Crippen molar-refractivity contribution in [1.29, 1.82) is 0 Å². The van der Waals surface area contributed by atoms with Crippen LogP contribution >= 0.6 is 23.2 Å². The van der Waals surface area contributed by atoms with Crippen molar-refractivity contribution in [2.75, 3.05) is 6.61 Å². The first kappa shape index (κ1) is 20.5. The van der Waals surface area contributed by atoms with E-state index in [1.54, 1.807) is 36.4 Å². The Morgan fingerprint density at radius 1 is 1.22 bits per heavy atom. The zero-order valence-electron chi connectivity index (χ0n) is 14.2. The highest BCUT2D eigenvalue weighted by molar-refractivity contribution is 6.35. The van der Waals surface area contributed by atoms with Gasteiger partial charge >= 0.3 is 5.97 Å². The number of carbonyl (C=O) groups excluding carboxylic acids is 1. The van der Waals surface area contributed by atoms with E-state index in [1.165, 1.54) is 19.2 Å². The van der Waals surface area contributed by atoms with E-state index in [0.29, 0.717) is 27.1 Å². The fraction of sp³-hybridized carbons (Fsp3) is 0.167. The fourth-order valence-corrected chi connectivity index (χ4v) is 2.30. The minimum atomic E-state index is -1.05. The number of aliphatic carboxylic acids is 1. The van der Waals surface area contributed by atoms with Crippen molar-refractivity contribution in [2.24, 2.45) is 5.10 Å². The molecule has 0 aromatic heterocycles. The second-order valence-corrected chi connectivity index (χ2v) is 6.17. The number of hydrogen-bond acceptors (Lipinski definition) is 5. The molecule has 0 bridgehead atoms. The van der Waals surface area contributed by atoms with Crippen LogP contribution in [0.15, 0.2) is 47.6 Å². The predicted octanol–water partition coefficient (Wildman–Crippen LogP) is 3.37. The van der Waals surface area contributed by atoms with Crippen molar-refractivity contribution < 1.29 is 24.2 Å². The van der Waals surface area contributed by atoms with E-state index in [0.717, 1.165) is 0 Å². The molecule has 2 aromatic carbocycles. The molecule has 0 spiro atoms. The van der Waals surface area contributed by atoms with E-state index in [1.807, 2.05) is 0 Å². The molecule has 0 aliphatic heterocycles. The lowest BCUT2D eigenvalue weighted by Crippen LogP contribution is -2.24. The van der Waals surface area contributed by atoms with Gasteiger partial charge in [0.25, 0.3) is 5.91 Å². The fourth-order valence-electron chi connectivity index (χ4n) is 1.83. The zero-order valence-corrected chi connectivity index (χ0v) is 15.7. The maximum atomic E-state index is 11.7. The monoisotopic (exact) mass is 410 g/mol. The molecule has 9 heteroatoms. The summed E-state index contributed by atoms with van der Waals surface area (Å²) < 4.78 is 10.5. The van der Waals surface area contributed by atoms with E-state index < -0.39 is 18.0 Å². The smallest absolute Gasteiger partial charge is 0.344 e. The highest BCUT2D eigenvalue weighted by Crippen LogP contribution is 2.27. The van der Waals surface area contributed by atoms with Crippen LogP contribution in [0.1, 0.15) is 12.5 Å². The molecule has 1 amide bonds. The van der Waals surface area contributed by atoms with E-state index >= 15 is 0 Å². The number of carboxylic acids is 1. The lowest BCUT2D eigenvalue weighted by atomic mass is 10.2. The molecule has 27 heavy (non-hydrogen) atoms. The SMILES string of the molecule is C[C@@H](Oc1ccc(/C=N/NC(=O)COc2ccc(Cl)cc2Cl)cc1)C(=O)O. The molecule has 0 saturated heterocycles. The topological polar surface area (TPSA) is 97.2 Å². The molecule has 2 aromatic rings. The third-order valence-electron chi connectivity index (χ3n) is 3.20. The number of halogens is 2. The molecule has 0 fully saturated rings. The number of hydrazone groups is 1. The molecule has 0 unspecified atom stereocenters.